The van der Waals surface area contributed by atoms with E-state index in [1.807, 2.05) is 37.3 Å². The molecule has 2 aromatic carbocycles. The van der Waals surface area contributed by atoms with Gasteiger partial charge in [0.1, 0.15) is 0 Å². The first-order chi connectivity index (χ1) is 12.9. The van der Waals surface area contributed by atoms with Crippen LogP contribution in [-0.2, 0) is 11.3 Å². The smallest absolute Gasteiger partial charge is 0.293 e. The van der Waals surface area contributed by atoms with E-state index >= 15 is 0 Å². The Labute approximate surface area is 170 Å². The third kappa shape index (κ3) is 4.04. The van der Waals surface area contributed by atoms with Crippen molar-refractivity contribution in [3.63, 3.8) is 0 Å². The zero-order valence-electron chi connectivity index (χ0n) is 15.1. The lowest BCUT2D eigenvalue weighted by molar-refractivity contribution is -0.123. The highest BCUT2D eigenvalue weighted by molar-refractivity contribution is 9.10. The molecule has 2 amide bonds. The maximum absolute atomic E-state index is 12.7. The normalized spacial score (nSPS) is 15.6. The molecule has 0 bridgehead atoms. The minimum atomic E-state index is -0.292. The number of benzene rings is 2. The molecular formula is C20H18BrNO4S. The van der Waals surface area contributed by atoms with Gasteiger partial charge >= 0.3 is 0 Å². The minimum Gasteiger partial charge on any atom is -0.493 e. The van der Waals surface area contributed by atoms with E-state index in [2.05, 4.69) is 15.9 Å². The molecule has 0 spiro atoms. The Kier molecular flexibility index (Phi) is 5.92. The zero-order chi connectivity index (χ0) is 19.6. The molecule has 0 radical (unpaired) electrons. The summed E-state index contributed by atoms with van der Waals surface area (Å²) in [6, 6.07) is 11.3. The van der Waals surface area contributed by atoms with Crippen LogP contribution in [0.4, 0.5) is 4.79 Å². The topological polar surface area (TPSA) is 55.8 Å². The molecule has 1 aliphatic rings. The van der Waals surface area contributed by atoms with Gasteiger partial charge in [-0.15, -0.1) is 0 Å². The molecule has 0 aliphatic carbocycles. The summed E-state index contributed by atoms with van der Waals surface area (Å²) in [6.07, 6.45) is 1.69. The van der Waals surface area contributed by atoms with Crippen molar-refractivity contribution in [2.75, 3.05) is 14.2 Å². The molecule has 0 saturated carbocycles. The fourth-order valence-corrected chi connectivity index (χ4v) is 4.23. The maximum atomic E-state index is 12.7. The van der Waals surface area contributed by atoms with Crippen LogP contribution in [0.3, 0.4) is 0 Å². The number of imide groups is 1. The van der Waals surface area contributed by atoms with E-state index in [4.69, 9.17) is 9.47 Å². The molecule has 3 rings (SSSR count). The van der Waals surface area contributed by atoms with Crippen molar-refractivity contribution in [3.05, 3.63) is 62.5 Å². The van der Waals surface area contributed by atoms with Gasteiger partial charge in [0.2, 0.25) is 0 Å². The van der Waals surface area contributed by atoms with E-state index in [1.54, 1.807) is 26.4 Å². The highest BCUT2D eigenvalue weighted by Gasteiger charge is 2.35. The number of nitrogens with zero attached hydrogens (tertiary/aromatic N) is 1. The second-order valence-corrected chi connectivity index (χ2v) is 7.78. The van der Waals surface area contributed by atoms with Gasteiger partial charge in [-0.25, -0.2) is 0 Å². The molecule has 5 nitrogen and oxygen atoms in total. The summed E-state index contributed by atoms with van der Waals surface area (Å²) >= 11 is 4.38. The summed E-state index contributed by atoms with van der Waals surface area (Å²) in [5.41, 5.74) is 2.74. The molecular weight excluding hydrogens is 430 g/mol. The predicted octanol–water partition coefficient (Wildman–Crippen LogP) is 5.01. The van der Waals surface area contributed by atoms with E-state index in [0.29, 0.717) is 20.9 Å². The standard InChI is InChI=1S/C20H18BrNO4S/c1-12-6-4-5-7-14(12)11-22-19(23)17(27-20(22)24)10-13-8-15(21)18(26-3)16(9-13)25-2/h4-10H,11H2,1-3H3/b17-10-. The number of amides is 2. The van der Waals surface area contributed by atoms with Crippen molar-refractivity contribution in [2.45, 2.75) is 13.5 Å². The summed E-state index contributed by atoms with van der Waals surface area (Å²) in [4.78, 5) is 26.8. The Morgan fingerprint density at radius 3 is 2.56 bits per heavy atom. The van der Waals surface area contributed by atoms with Crippen molar-refractivity contribution in [2.24, 2.45) is 0 Å². The molecule has 0 unspecified atom stereocenters. The van der Waals surface area contributed by atoms with Gasteiger partial charge in [-0.1, -0.05) is 24.3 Å². The summed E-state index contributed by atoms with van der Waals surface area (Å²) in [7, 11) is 3.10. The van der Waals surface area contributed by atoms with Crippen LogP contribution in [-0.4, -0.2) is 30.3 Å². The predicted molar refractivity (Wildman–Crippen MR) is 110 cm³/mol. The van der Waals surface area contributed by atoms with Crippen molar-refractivity contribution in [1.29, 1.82) is 0 Å². The van der Waals surface area contributed by atoms with Gasteiger partial charge in [0.25, 0.3) is 11.1 Å². The lowest BCUT2D eigenvalue weighted by Crippen LogP contribution is -2.27. The Balaban J connectivity index is 1.88. The largest absolute Gasteiger partial charge is 0.493 e. The second kappa shape index (κ2) is 8.19. The van der Waals surface area contributed by atoms with Crippen LogP contribution < -0.4 is 9.47 Å². The number of thioether (sulfide) groups is 1. The molecule has 140 valence electrons. The maximum Gasteiger partial charge on any atom is 0.293 e. The average molecular weight is 448 g/mol. The Bertz CT molecular complexity index is 942. The first-order valence-electron chi connectivity index (χ1n) is 8.16. The quantitative estimate of drug-likeness (QED) is 0.602. The summed E-state index contributed by atoms with van der Waals surface area (Å²) in [6.45, 7) is 2.23. The number of methoxy groups -OCH3 is 2. The highest BCUT2D eigenvalue weighted by Crippen LogP contribution is 2.39. The number of rotatable bonds is 5. The van der Waals surface area contributed by atoms with Crippen LogP contribution in [0, 0.1) is 6.92 Å². The van der Waals surface area contributed by atoms with Gasteiger partial charge in [-0.05, 0) is 69.5 Å². The Morgan fingerprint density at radius 1 is 1.15 bits per heavy atom. The number of carbonyl (C=O) groups is 2. The van der Waals surface area contributed by atoms with Crippen molar-refractivity contribution in [1.82, 2.24) is 4.90 Å². The van der Waals surface area contributed by atoms with E-state index in [9.17, 15) is 9.59 Å². The molecule has 0 N–H and O–H groups in total. The molecule has 7 heteroatoms. The monoisotopic (exact) mass is 447 g/mol. The highest BCUT2D eigenvalue weighted by atomic mass is 79.9. The molecule has 0 aromatic heterocycles. The first kappa shape index (κ1) is 19.5. The number of aryl methyl sites for hydroxylation is 1. The minimum absolute atomic E-state index is 0.268. The van der Waals surface area contributed by atoms with E-state index in [1.165, 1.54) is 4.90 Å². The fourth-order valence-electron chi connectivity index (χ4n) is 2.77. The number of hydrogen-bond donors (Lipinski definition) is 0. The first-order valence-corrected chi connectivity index (χ1v) is 9.77. The van der Waals surface area contributed by atoms with Crippen molar-refractivity contribution >= 4 is 44.9 Å². The fraction of sp³-hybridized carbons (Fsp3) is 0.200. The number of halogens is 1. The number of carbonyl (C=O) groups excluding carboxylic acids is 2. The van der Waals surface area contributed by atoms with Gasteiger partial charge in [0.15, 0.2) is 11.5 Å². The van der Waals surface area contributed by atoms with Crippen LogP contribution in [0.1, 0.15) is 16.7 Å². The van der Waals surface area contributed by atoms with Crippen LogP contribution in [0.5, 0.6) is 11.5 Å². The van der Waals surface area contributed by atoms with Crippen LogP contribution in [0.25, 0.3) is 6.08 Å². The second-order valence-electron chi connectivity index (χ2n) is 5.93. The Hall–Kier alpha value is -2.25. The molecule has 1 aliphatic heterocycles. The summed E-state index contributed by atoms with van der Waals surface area (Å²) < 4.78 is 11.3. The van der Waals surface area contributed by atoms with Gasteiger partial charge < -0.3 is 9.47 Å². The van der Waals surface area contributed by atoms with Crippen molar-refractivity contribution in [3.8, 4) is 11.5 Å². The molecule has 27 heavy (non-hydrogen) atoms. The molecule has 1 fully saturated rings. The molecule has 0 atom stereocenters. The van der Waals surface area contributed by atoms with E-state index in [-0.39, 0.29) is 17.7 Å². The van der Waals surface area contributed by atoms with Crippen LogP contribution in [0.2, 0.25) is 0 Å². The third-order valence-electron chi connectivity index (χ3n) is 4.22. The van der Waals surface area contributed by atoms with E-state index in [0.717, 1.165) is 28.5 Å². The number of hydrogen-bond acceptors (Lipinski definition) is 5. The average Bonchev–Trinajstić information content (AvgIpc) is 2.90. The van der Waals surface area contributed by atoms with Crippen LogP contribution in [0.15, 0.2) is 45.8 Å². The van der Waals surface area contributed by atoms with Gasteiger partial charge in [-0.3, -0.25) is 14.5 Å². The lowest BCUT2D eigenvalue weighted by atomic mass is 10.1. The summed E-state index contributed by atoms with van der Waals surface area (Å²) in [5.74, 6) is 0.818. The van der Waals surface area contributed by atoms with Crippen molar-refractivity contribution < 1.29 is 19.1 Å². The molecule has 1 heterocycles. The molecule has 1 saturated heterocycles. The lowest BCUT2D eigenvalue weighted by Gasteiger charge is -2.14. The van der Waals surface area contributed by atoms with Crippen LogP contribution >= 0.6 is 27.7 Å². The van der Waals surface area contributed by atoms with Gasteiger partial charge in [0.05, 0.1) is 30.1 Å². The summed E-state index contributed by atoms with van der Waals surface area (Å²) in [5, 5.41) is -0.269. The zero-order valence-corrected chi connectivity index (χ0v) is 17.5. The SMILES string of the molecule is COc1cc(/C=C2\SC(=O)N(Cc3ccccc3C)C2=O)cc(Br)c1OC. The Morgan fingerprint density at radius 2 is 1.89 bits per heavy atom. The van der Waals surface area contributed by atoms with Gasteiger partial charge in [0, 0.05) is 0 Å². The van der Waals surface area contributed by atoms with E-state index < -0.39 is 0 Å². The molecule has 2 aromatic rings. The number of ether oxygens (including phenoxy) is 2. The third-order valence-corrected chi connectivity index (χ3v) is 5.71. The van der Waals surface area contributed by atoms with Gasteiger partial charge in [-0.2, -0.15) is 0 Å².